The molecule has 0 spiro atoms. The summed E-state index contributed by atoms with van der Waals surface area (Å²) in [4.78, 5) is 8.72. The van der Waals surface area contributed by atoms with Crippen molar-refractivity contribution in [1.29, 1.82) is 0 Å². The number of thioether (sulfide) groups is 1. The number of fused-ring (bicyclic) bond motifs is 1. The first-order chi connectivity index (χ1) is 12.5. The van der Waals surface area contributed by atoms with Gasteiger partial charge >= 0.3 is 0 Å². The third kappa shape index (κ3) is 4.68. The Hall–Kier alpha value is -1.33. The minimum absolute atomic E-state index is 0.0341. The average Bonchev–Trinajstić information content (AvgIpc) is 3.02. The van der Waals surface area contributed by atoms with Gasteiger partial charge in [0.1, 0.15) is 11.6 Å². The molecule has 1 saturated heterocycles. The summed E-state index contributed by atoms with van der Waals surface area (Å²) in [6, 6.07) is 0.0341. The molecule has 11 heteroatoms. The monoisotopic (exact) mass is 401 g/mol. The fourth-order valence-corrected chi connectivity index (χ4v) is 5.71. The molecule has 1 unspecified atom stereocenters. The summed E-state index contributed by atoms with van der Waals surface area (Å²) in [5, 5.41) is 10.9. The van der Waals surface area contributed by atoms with Crippen LogP contribution in [0.5, 0.6) is 0 Å². The summed E-state index contributed by atoms with van der Waals surface area (Å²) in [5.41, 5.74) is 0. The lowest BCUT2D eigenvalue weighted by Gasteiger charge is -2.26. The summed E-state index contributed by atoms with van der Waals surface area (Å²) in [5.74, 6) is 4.08. The number of aromatic nitrogens is 3. The predicted octanol–water partition coefficient (Wildman–Crippen LogP) is -0.0350. The molecule has 1 atom stereocenters. The van der Waals surface area contributed by atoms with Crippen molar-refractivity contribution in [3.63, 3.8) is 0 Å². The Balaban J connectivity index is 1.53. The summed E-state index contributed by atoms with van der Waals surface area (Å²) in [6.07, 6.45) is 1.97. The van der Waals surface area contributed by atoms with Crippen molar-refractivity contribution < 1.29 is 8.42 Å². The Kier molecular flexibility index (Phi) is 6.41. The number of aliphatic imine (C=N–C) groups is 1. The van der Waals surface area contributed by atoms with Gasteiger partial charge in [0.2, 0.25) is 10.0 Å². The maximum absolute atomic E-state index is 12.4. The Morgan fingerprint density at radius 3 is 2.85 bits per heavy atom. The maximum atomic E-state index is 12.4. The molecule has 0 aromatic carbocycles. The molecule has 1 aromatic rings. The van der Waals surface area contributed by atoms with Gasteiger partial charge in [-0.3, -0.25) is 4.99 Å². The van der Waals surface area contributed by atoms with E-state index in [2.05, 4.69) is 25.7 Å². The molecule has 9 nitrogen and oxygen atoms in total. The molecule has 3 rings (SSSR count). The van der Waals surface area contributed by atoms with Gasteiger partial charge in [-0.1, -0.05) is 0 Å². The van der Waals surface area contributed by atoms with Crippen molar-refractivity contribution in [1.82, 2.24) is 29.7 Å². The first-order valence-electron chi connectivity index (χ1n) is 8.94. The van der Waals surface area contributed by atoms with E-state index in [0.29, 0.717) is 25.6 Å². The second kappa shape index (κ2) is 8.57. The van der Waals surface area contributed by atoms with Crippen molar-refractivity contribution in [2.75, 3.05) is 43.9 Å². The van der Waals surface area contributed by atoms with E-state index in [1.165, 1.54) is 0 Å². The number of nitrogens with one attached hydrogen (secondary N) is 2. The third-order valence-electron chi connectivity index (χ3n) is 4.53. The number of guanidine groups is 1. The van der Waals surface area contributed by atoms with Crippen molar-refractivity contribution in [2.24, 2.45) is 4.99 Å². The second-order valence-corrected chi connectivity index (χ2v) is 9.72. The fourth-order valence-electron chi connectivity index (χ4n) is 3.22. The van der Waals surface area contributed by atoms with Gasteiger partial charge in [-0.2, -0.15) is 16.9 Å². The average molecular weight is 402 g/mol. The number of hydrogen-bond donors (Lipinski definition) is 2. The molecule has 1 aromatic heterocycles. The number of rotatable bonds is 5. The van der Waals surface area contributed by atoms with Crippen LogP contribution in [0.2, 0.25) is 0 Å². The van der Waals surface area contributed by atoms with Gasteiger partial charge in [0.15, 0.2) is 5.96 Å². The summed E-state index contributed by atoms with van der Waals surface area (Å²) in [6.45, 7) is 4.31. The van der Waals surface area contributed by atoms with E-state index in [1.54, 1.807) is 23.1 Å². The van der Waals surface area contributed by atoms with Crippen LogP contribution in [0.25, 0.3) is 0 Å². The van der Waals surface area contributed by atoms with Gasteiger partial charge in [-0.25, -0.2) is 22.4 Å². The first kappa shape index (κ1) is 19.4. The third-order valence-corrected chi connectivity index (χ3v) is 7.35. The van der Waals surface area contributed by atoms with E-state index in [-0.39, 0.29) is 11.8 Å². The number of sulfonamides is 1. The van der Waals surface area contributed by atoms with Gasteiger partial charge in [0.25, 0.3) is 0 Å². The van der Waals surface area contributed by atoms with E-state index in [0.717, 1.165) is 42.5 Å². The first-order valence-corrected chi connectivity index (χ1v) is 11.7. The Bertz CT molecular complexity index is 741. The second-order valence-electron chi connectivity index (χ2n) is 6.41. The molecule has 26 heavy (non-hydrogen) atoms. The van der Waals surface area contributed by atoms with Crippen molar-refractivity contribution in [2.45, 2.75) is 32.4 Å². The predicted molar refractivity (Wildman–Crippen MR) is 104 cm³/mol. The van der Waals surface area contributed by atoms with Gasteiger partial charge in [-0.05, 0) is 19.8 Å². The van der Waals surface area contributed by atoms with Crippen molar-refractivity contribution in [3.8, 4) is 0 Å². The summed E-state index contributed by atoms with van der Waals surface area (Å²) >= 11 is 1.80. The standard InChI is InChI=1S/C15H27N7O2S2/c1-12-18-14-13(4-3-6-22(14)20-12)19-15(16-2)17-5-11-26(23,24)21-7-9-25-10-8-21/h13H,3-11H2,1-2H3,(H2,16,17,19). The molecule has 0 saturated carbocycles. The molecule has 0 amide bonds. The normalized spacial score (nSPS) is 22.1. The van der Waals surface area contributed by atoms with E-state index >= 15 is 0 Å². The molecule has 146 valence electrons. The van der Waals surface area contributed by atoms with Crippen LogP contribution in [0.1, 0.15) is 30.5 Å². The molecule has 0 aliphatic carbocycles. The van der Waals surface area contributed by atoms with E-state index < -0.39 is 10.0 Å². The SMILES string of the molecule is CN=C(NCCS(=O)(=O)N1CCSCC1)NC1CCCn2nc(C)nc21. The molecule has 2 aliphatic heterocycles. The van der Waals surface area contributed by atoms with Crippen LogP contribution in [0.15, 0.2) is 4.99 Å². The fraction of sp³-hybridized carbons (Fsp3) is 0.800. The summed E-state index contributed by atoms with van der Waals surface area (Å²) in [7, 11) is -1.53. The lowest BCUT2D eigenvalue weighted by atomic mass is 10.1. The highest BCUT2D eigenvalue weighted by Crippen LogP contribution is 2.22. The topological polar surface area (TPSA) is 105 Å². The zero-order valence-corrected chi connectivity index (χ0v) is 16.9. The zero-order valence-electron chi connectivity index (χ0n) is 15.3. The van der Waals surface area contributed by atoms with Crippen LogP contribution in [0, 0.1) is 6.92 Å². The lowest BCUT2D eigenvalue weighted by molar-refractivity contribution is 0.398. The molecule has 0 bridgehead atoms. The van der Waals surface area contributed by atoms with Crippen LogP contribution in [0.4, 0.5) is 0 Å². The Morgan fingerprint density at radius 2 is 2.12 bits per heavy atom. The van der Waals surface area contributed by atoms with Crippen LogP contribution < -0.4 is 10.6 Å². The Morgan fingerprint density at radius 1 is 1.35 bits per heavy atom. The van der Waals surface area contributed by atoms with Crippen LogP contribution in [-0.2, 0) is 16.6 Å². The summed E-state index contributed by atoms with van der Waals surface area (Å²) < 4.78 is 28.3. The van der Waals surface area contributed by atoms with Crippen LogP contribution in [0.3, 0.4) is 0 Å². The number of hydrogen-bond acceptors (Lipinski definition) is 6. The molecule has 3 heterocycles. The minimum Gasteiger partial charge on any atom is -0.355 e. The quantitative estimate of drug-likeness (QED) is 0.527. The molecule has 0 radical (unpaired) electrons. The van der Waals surface area contributed by atoms with Gasteiger partial charge in [-0.15, -0.1) is 0 Å². The Labute approximate surface area is 159 Å². The van der Waals surface area contributed by atoms with E-state index in [4.69, 9.17) is 0 Å². The highest BCUT2D eigenvalue weighted by molar-refractivity contribution is 7.99. The largest absolute Gasteiger partial charge is 0.355 e. The van der Waals surface area contributed by atoms with Crippen LogP contribution >= 0.6 is 11.8 Å². The van der Waals surface area contributed by atoms with Gasteiger partial charge < -0.3 is 10.6 Å². The molecular formula is C15H27N7O2S2. The maximum Gasteiger partial charge on any atom is 0.215 e. The zero-order chi connectivity index (χ0) is 18.6. The van der Waals surface area contributed by atoms with Crippen molar-refractivity contribution in [3.05, 3.63) is 11.6 Å². The molecule has 2 N–H and O–H groups in total. The van der Waals surface area contributed by atoms with Gasteiger partial charge in [0, 0.05) is 44.7 Å². The van der Waals surface area contributed by atoms with Crippen LogP contribution in [-0.4, -0.2) is 77.4 Å². The number of nitrogens with zero attached hydrogens (tertiary/aromatic N) is 5. The van der Waals surface area contributed by atoms with E-state index in [9.17, 15) is 8.42 Å². The van der Waals surface area contributed by atoms with Gasteiger partial charge in [0.05, 0.1) is 11.8 Å². The van der Waals surface area contributed by atoms with E-state index in [1.807, 2.05) is 11.6 Å². The smallest absolute Gasteiger partial charge is 0.215 e. The van der Waals surface area contributed by atoms with Crippen molar-refractivity contribution >= 4 is 27.7 Å². The minimum atomic E-state index is -3.22. The molecule has 2 aliphatic rings. The lowest BCUT2D eigenvalue weighted by Crippen LogP contribution is -2.45. The highest BCUT2D eigenvalue weighted by Gasteiger charge is 2.26. The molecule has 1 fully saturated rings. The highest BCUT2D eigenvalue weighted by atomic mass is 32.2. The molecular weight excluding hydrogens is 374 g/mol. The number of aryl methyl sites for hydroxylation is 2.